The highest BCUT2D eigenvalue weighted by molar-refractivity contribution is 5.57. The lowest BCUT2D eigenvalue weighted by Crippen LogP contribution is -2.23. The molecule has 0 bridgehead atoms. The molecule has 0 radical (unpaired) electrons. The van der Waals surface area contributed by atoms with Crippen molar-refractivity contribution < 1.29 is 4.73 Å². The minimum absolute atomic E-state index is 0.753. The van der Waals surface area contributed by atoms with E-state index in [2.05, 4.69) is 10.2 Å². The second-order valence-electron chi connectivity index (χ2n) is 2.88. The van der Waals surface area contributed by atoms with Crippen LogP contribution in [0.1, 0.15) is 5.69 Å². The number of nitrogens with zero attached hydrogens (tertiary/aromatic N) is 2. The van der Waals surface area contributed by atoms with Crippen LogP contribution >= 0.6 is 0 Å². The molecule has 1 N–H and O–H groups in total. The van der Waals surface area contributed by atoms with Gasteiger partial charge in [-0.05, 0) is 13.0 Å². The molecule has 2 rings (SSSR count). The standard InChI is InChI=1S/C9H9N3O/c1-7-6-9(11-10-7)8-2-4-12(13)5-3-8/h2-6H,1H3,(H,10,11). The maximum absolute atomic E-state index is 10.7. The van der Waals surface area contributed by atoms with Gasteiger partial charge in [-0.25, -0.2) is 0 Å². The first-order valence-corrected chi connectivity index (χ1v) is 3.97. The van der Waals surface area contributed by atoms with Crippen LogP contribution < -0.4 is 4.73 Å². The first-order chi connectivity index (χ1) is 6.25. The second-order valence-corrected chi connectivity index (χ2v) is 2.88. The zero-order valence-electron chi connectivity index (χ0n) is 7.19. The normalized spacial score (nSPS) is 10.2. The minimum Gasteiger partial charge on any atom is -0.619 e. The van der Waals surface area contributed by atoms with E-state index in [-0.39, 0.29) is 0 Å². The fourth-order valence-corrected chi connectivity index (χ4v) is 1.15. The summed E-state index contributed by atoms with van der Waals surface area (Å²) in [6, 6.07) is 5.41. The Balaban J connectivity index is 2.41. The van der Waals surface area contributed by atoms with Gasteiger partial charge >= 0.3 is 0 Å². The summed E-state index contributed by atoms with van der Waals surface area (Å²) < 4.78 is 0.753. The lowest BCUT2D eigenvalue weighted by atomic mass is 10.2. The lowest BCUT2D eigenvalue weighted by Gasteiger charge is -1.95. The number of pyridine rings is 1. The molecule has 2 aromatic heterocycles. The monoisotopic (exact) mass is 175 g/mol. The van der Waals surface area contributed by atoms with Crippen molar-refractivity contribution in [3.8, 4) is 11.3 Å². The maximum atomic E-state index is 10.7. The molecule has 0 saturated carbocycles. The number of aryl methyl sites for hydroxylation is 1. The van der Waals surface area contributed by atoms with E-state index >= 15 is 0 Å². The van der Waals surface area contributed by atoms with Gasteiger partial charge < -0.3 is 5.21 Å². The van der Waals surface area contributed by atoms with Crippen molar-refractivity contribution in [1.29, 1.82) is 0 Å². The molecule has 0 aromatic carbocycles. The molecule has 0 aliphatic carbocycles. The topological polar surface area (TPSA) is 55.6 Å². The van der Waals surface area contributed by atoms with Crippen LogP contribution in [0.25, 0.3) is 11.3 Å². The first-order valence-electron chi connectivity index (χ1n) is 3.97. The molecule has 0 fully saturated rings. The van der Waals surface area contributed by atoms with Crippen LogP contribution in [0.15, 0.2) is 30.6 Å². The molecule has 0 saturated heterocycles. The Bertz CT molecular complexity index is 405. The third kappa shape index (κ3) is 1.51. The largest absolute Gasteiger partial charge is 0.619 e. The van der Waals surface area contributed by atoms with E-state index in [4.69, 9.17) is 0 Å². The van der Waals surface area contributed by atoms with Gasteiger partial charge in [0, 0.05) is 23.4 Å². The quantitative estimate of drug-likeness (QED) is 0.519. The van der Waals surface area contributed by atoms with Crippen molar-refractivity contribution in [1.82, 2.24) is 10.2 Å². The van der Waals surface area contributed by atoms with Gasteiger partial charge in [0.2, 0.25) is 0 Å². The molecular formula is C9H9N3O. The predicted molar refractivity (Wildman–Crippen MR) is 47.7 cm³/mol. The fraction of sp³-hybridized carbons (Fsp3) is 0.111. The summed E-state index contributed by atoms with van der Waals surface area (Å²) in [5, 5.41) is 17.7. The molecule has 4 nitrogen and oxygen atoms in total. The number of hydrogen-bond acceptors (Lipinski definition) is 2. The van der Waals surface area contributed by atoms with Gasteiger partial charge in [0.1, 0.15) is 0 Å². The van der Waals surface area contributed by atoms with Gasteiger partial charge in [-0.15, -0.1) is 0 Å². The number of aromatic nitrogens is 3. The van der Waals surface area contributed by atoms with E-state index in [1.165, 1.54) is 12.4 Å². The van der Waals surface area contributed by atoms with E-state index in [0.29, 0.717) is 0 Å². The first kappa shape index (κ1) is 7.79. The number of rotatable bonds is 1. The van der Waals surface area contributed by atoms with Crippen molar-refractivity contribution >= 4 is 0 Å². The van der Waals surface area contributed by atoms with Crippen LogP contribution in [0.5, 0.6) is 0 Å². The third-order valence-electron chi connectivity index (χ3n) is 1.80. The molecule has 66 valence electrons. The molecule has 13 heavy (non-hydrogen) atoms. The number of H-pyrrole nitrogens is 1. The molecule has 0 amide bonds. The van der Waals surface area contributed by atoms with Gasteiger partial charge in [0.15, 0.2) is 12.4 Å². The van der Waals surface area contributed by atoms with Gasteiger partial charge in [0.25, 0.3) is 0 Å². The molecule has 2 heterocycles. The Morgan fingerprint density at radius 1 is 1.38 bits per heavy atom. The van der Waals surface area contributed by atoms with Gasteiger partial charge in [-0.2, -0.15) is 9.83 Å². The van der Waals surface area contributed by atoms with Crippen LogP contribution in [0.4, 0.5) is 0 Å². The van der Waals surface area contributed by atoms with Gasteiger partial charge in [-0.1, -0.05) is 0 Å². The second kappa shape index (κ2) is 2.90. The van der Waals surface area contributed by atoms with Crippen LogP contribution in [-0.4, -0.2) is 10.2 Å². The van der Waals surface area contributed by atoms with Crippen molar-refractivity contribution in [3.63, 3.8) is 0 Å². The van der Waals surface area contributed by atoms with Gasteiger partial charge in [-0.3, -0.25) is 5.10 Å². The molecule has 4 heteroatoms. The number of aromatic amines is 1. The summed E-state index contributed by atoms with van der Waals surface area (Å²) >= 11 is 0. The van der Waals surface area contributed by atoms with Crippen molar-refractivity contribution in [2.24, 2.45) is 0 Å². The lowest BCUT2D eigenvalue weighted by molar-refractivity contribution is -0.605. The molecule has 0 unspecified atom stereocenters. The van der Waals surface area contributed by atoms with Crippen LogP contribution in [0.3, 0.4) is 0 Å². The SMILES string of the molecule is Cc1cc(-c2cc[n+]([O-])cc2)n[nH]1. The van der Waals surface area contributed by atoms with E-state index in [0.717, 1.165) is 21.7 Å². The number of hydrogen-bond donors (Lipinski definition) is 1. The summed E-state index contributed by atoms with van der Waals surface area (Å²) in [6.07, 6.45) is 2.92. The zero-order valence-corrected chi connectivity index (χ0v) is 7.19. The molecular weight excluding hydrogens is 166 g/mol. The summed E-state index contributed by atoms with van der Waals surface area (Å²) in [6.45, 7) is 1.94. The molecule has 0 aliphatic rings. The summed E-state index contributed by atoms with van der Waals surface area (Å²) in [7, 11) is 0. The van der Waals surface area contributed by atoms with Crippen LogP contribution in [0, 0.1) is 12.1 Å². The average Bonchev–Trinajstić information content (AvgIpc) is 2.53. The van der Waals surface area contributed by atoms with E-state index in [1.807, 2.05) is 13.0 Å². The van der Waals surface area contributed by atoms with Crippen LogP contribution in [0.2, 0.25) is 0 Å². The predicted octanol–water partition coefficient (Wildman–Crippen LogP) is 1.02. The van der Waals surface area contributed by atoms with Crippen molar-refractivity contribution in [3.05, 3.63) is 41.5 Å². The Hall–Kier alpha value is -1.84. The summed E-state index contributed by atoms with van der Waals surface area (Å²) in [4.78, 5) is 0. The van der Waals surface area contributed by atoms with E-state index in [9.17, 15) is 5.21 Å². The third-order valence-corrected chi connectivity index (χ3v) is 1.80. The van der Waals surface area contributed by atoms with E-state index < -0.39 is 0 Å². The Kier molecular flexibility index (Phi) is 1.73. The molecule has 2 aromatic rings. The Morgan fingerprint density at radius 3 is 2.62 bits per heavy atom. The highest BCUT2D eigenvalue weighted by Crippen LogP contribution is 2.14. The molecule has 0 spiro atoms. The Morgan fingerprint density at radius 2 is 2.08 bits per heavy atom. The highest BCUT2D eigenvalue weighted by atomic mass is 16.5. The van der Waals surface area contributed by atoms with Crippen LogP contribution in [-0.2, 0) is 0 Å². The molecule has 0 atom stereocenters. The summed E-state index contributed by atoms with van der Waals surface area (Å²) in [5.74, 6) is 0. The zero-order chi connectivity index (χ0) is 9.26. The van der Waals surface area contributed by atoms with Crippen molar-refractivity contribution in [2.45, 2.75) is 6.92 Å². The van der Waals surface area contributed by atoms with E-state index in [1.54, 1.807) is 12.1 Å². The highest BCUT2D eigenvalue weighted by Gasteiger charge is 2.01. The minimum atomic E-state index is 0.753. The Labute approximate surface area is 75.4 Å². The maximum Gasteiger partial charge on any atom is 0.181 e. The number of nitrogens with one attached hydrogen (secondary N) is 1. The van der Waals surface area contributed by atoms with Crippen molar-refractivity contribution in [2.75, 3.05) is 0 Å². The van der Waals surface area contributed by atoms with Gasteiger partial charge in [0.05, 0.1) is 5.69 Å². The smallest absolute Gasteiger partial charge is 0.181 e. The fourth-order valence-electron chi connectivity index (χ4n) is 1.15. The molecule has 0 aliphatic heterocycles. The average molecular weight is 175 g/mol. The summed E-state index contributed by atoms with van der Waals surface area (Å²) in [5.41, 5.74) is 2.81.